The Morgan fingerprint density at radius 3 is 2.67 bits per heavy atom. The molecule has 0 spiro atoms. The molecule has 2 aromatic carbocycles. The maximum Gasteiger partial charge on any atom is 0.337 e. The fraction of sp³-hybridized carbons (Fsp3) is 0.304. The normalized spacial score (nSPS) is 14.5. The minimum absolute atomic E-state index is 0.292. The third kappa shape index (κ3) is 5.06. The Bertz CT molecular complexity index is 1060. The van der Waals surface area contributed by atoms with Crippen LogP contribution in [0.5, 0.6) is 5.75 Å². The van der Waals surface area contributed by atoms with E-state index in [1.54, 1.807) is 18.2 Å². The van der Waals surface area contributed by atoms with E-state index in [0.29, 0.717) is 48.6 Å². The second-order valence-corrected chi connectivity index (χ2v) is 7.12. The van der Waals surface area contributed by atoms with Crippen molar-refractivity contribution in [2.45, 2.75) is 6.61 Å². The average Bonchev–Trinajstić information content (AvgIpc) is 2.78. The molecule has 0 radical (unpaired) electrons. The lowest BCUT2D eigenvalue weighted by Crippen LogP contribution is -2.41. The van der Waals surface area contributed by atoms with Crippen LogP contribution in [0.4, 0.5) is 0 Å². The molecule has 0 unspecified atom stereocenters. The van der Waals surface area contributed by atoms with Crippen LogP contribution in [-0.4, -0.2) is 50.2 Å². The molecule has 4 rings (SSSR count). The largest absolute Gasteiger partial charge is 0.489 e. The van der Waals surface area contributed by atoms with Gasteiger partial charge < -0.3 is 19.2 Å². The summed E-state index contributed by atoms with van der Waals surface area (Å²) in [6.07, 6.45) is 0. The fourth-order valence-electron chi connectivity index (χ4n) is 3.41. The van der Waals surface area contributed by atoms with Crippen LogP contribution in [0.1, 0.15) is 15.9 Å². The number of morpholine rings is 1. The van der Waals surface area contributed by atoms with Crippen LogP contribution >= 0.6 is 0 Å². The van der Waals surface area contributed by atoms with Crippen LogP contribution in [0.15, 0.2) is 63.8 Å². The molecule has 2 heterocycles. The second-order valence-electron chi connectivity index (χ2n) is 7.12. The van der Waals surface area contributed by atoms with Crippen molar-refractivity contribution >= 4 is 16.9 Å². The summed E-state index contributed by atoms with van der Waals surface area (Å²) < 4.78 is 16.4. The lowest BCUT2D eigenvalue weighted by Gasteiger charge is -2.26. The molecular formula is C23H24N2O5. The zero-order valence-corrected chi connectivity index (χ0v) is 16.6. The van der Waals surface area contributed by atoms with Gasteiger partial charge in [0.2, 0.25) is 0 Å². The Balaban J connectivity index is 1.45. The third-order valence-corrected chi connectivity index (χ3v) is 5.03. The first-order valence-corrected chi connectivity index (χ1v) is 10.0. The van der Waals surface area contributed by atoms with Gasteiger partial charge in [-0.05, 0) is 17.7 Å². The fourth-order valence-corrected chi connectivity index (χ4v) is 3.41. The molecule has 0 atom stereocenters. The SMILES string of the molecule is O=C(NCCN1CCOCC1)c1cc(=O)oc2cc(OCc3ccccc3)ccc12. The minimum Gasteiger partial charge on any atom is -0.489 e. The molecule has 0 saturated carbocycles. The monoisotopic (exact) mass is 408 g/mol. The molecule has 0 bridgehead atoms. The van der Waals surface area contributed by atoms with Crippen molar-refractivity contribution in [3.63, 3.8) is 0 Å². The molecule has 1 fully saturated rings. The number of benzene rings is 2. The average molecular weight is 408 g/mol. The van der Waals surface area contributed by atoms with Gasteiger partial charge in [0.05, 0.1) is 18.8 Å². The molecule has 0 aliphatic carbocycles. The van der Waals surface area contributed by atoms with E-state index < -0.39 is 5.63 Å². The van der Waals surface area contributed by atoms with Crippen molar-refractivity contribution in [1.29, 1.82) is 0 Å². The zero-order chi connectivity index (χ0) is 20.8. The lowest BCUT2D eigenvalue weighted by atomic mass is 10.1. The van der Waals surface area contributed by atoms with Gasteiger partial charge in [-0.2, -0.15) is 0 Å². The zero-order valence-electron chi connectivity index (χ0n) is 16.6. The summed E-state index contributed by atoms with van der Waals surface area (Å²) in [5.41, 5.74) is 1.10. The number of nitrogens with one attached hydrogen (secondary N) is 1. The highest BCUT2D eigenvalue weighted by Gasteiger charge is 2.15. The number of fused-ring (bicyclic) bond motifs is 1. The number of nitrogens with zero attached hydrogens (tertiary/aromatic N) is 1. The van der Waals surface area contributed by atoms with E-state index in [-0.39, 0.29) is 5.91 Å². The first kappa shape index (κ1) is 20.1. The van der Waals surface area contributed by atoms with E-state index in [1.807, 2.05) is 30.3 Å². The summed E-state index contributed by atoms with van der Waals surface area (Å²) in [6, 6.07) is 16.2. The van der Waals surface area contributed by atoms with Crippen molar-refractivity contribution < 1.29 is 18.7 Å². The lowest BCUT2D eigenvalue weighted by molar-refractivity contribution is 0.0383. The quantitative estimate of drug-likeness (QED) is 0.605. The van der Waals surface area contributed by atoms with Crippen LogP contribution < -0.4 is 15.7 Å². The molecule has 1 saturated heterocycles. The minimum atomic E-state index is -0.568. The van der Waals surface area contributed by atoms with E-state index in [1.165, 1.54) is 6.07 Å². The van der Waals surface area contributed by atoms with Gasteiger partial charge in [0.25, 0.3) is 5.91 Å². The second kappa shape index (κ2) is 9.56. The molecule has 7 heteroatoms. The third-order valence-electron chi connectivity index (χ3n) is 5.03. The van der Waals surface area contributed by atoms with E-state index in [4.69, 9.17) is 13.9 Å². The molecule has 1 aliphatic heterocycles. The Morgan fingerprint density at radius 1 is 1.07 bits per heavy atom. The Hall–Kier alpha value is -3.16. The van der Waals surface area contributed by atoms with Crippen LogP contribution in [0.25, 0.3) is 11.0 Å². The van der Waals surface area contributed by atoms with Crippen molar-refractivity contribution in [3.8, 4) is 5.75 Å². The van der Waals surface area contributed by atoms with Crippen molar-refractivity contribution in [2.75, 3.05) is 39.4 Å². The summed E-state index contributed by atoms with van der Waals surface area (Å²) in [5.74, 6) is 0.276. The number of carbonyl (C=O) groups excluding carboxylic acids is 1. The van der Waals surface area contributed by atoms with Gasteiger partial charge in [0.15, 0.2) is 0 Å². The maximum atomic E-state index is 12.7. The van der Waals surface area contributed by atoms with Crippen LogP contribution in [-0.2, 0) is 11.3 Å². The van der Waals surface area contributed by atoms with Crippen LogP contribution in [0.3, 0.4) is 0 Å². The van der Waals surface area contributed by atoms with Gasteiger partial charge in [-0.15, -0.1) is 0 Å². The first-order chi connectivity index (χ1) is 14.7. The summed E-state index contributed by atoms with van der Waals surface area (Å²) in [6.45, 7) is 4.79. The van der Waals surface area contributed by atoms with Gasteiger partial charge in [-0.3, -0.25) is 9.69 Å². The van der Waals surface area contributed by atoms with Gasteiger partial charge in [0.1, 0.15) is 17.9 Å². The molecule has 156 valence electrons. The highest BCUT2D eigenvalue weighted by Crippen LogP contribution is 2.23. The molecule has 1 N–H and O–H groups in total. The molecule has 7 nitrogen and oxygen atoms in total. The number of rotatable bonds is 7. The van der Waals surface area contributed by atoms with Crippen LogP contribution in [0.2, 0.25) is 0 Å². The van der Waals surface area contributed by atoms with Gasteiger partial charge in [-0.1, -0.05) is 30.3 Å². The predicted octanol–water partition coefficient (Wildman–Crippen LogP) is 2.43. The molecule has 1 aliphatic rings. The van der Waals surface area contributed by atoms with Crippen molar-refractivity contribution in [2.24, 2.45) is 0 Å². The summed E-state index contributed by atoms with van der Waals surface area (Å²) in [7, 11) is 0. The van der Waals surface area contributed by atoms with Gasteiger partial charge in [0, 0.05) is 43.7 Å². The number of hydrogen-bond donors (Lipinski definition) is 1. The summed E-state index contributed by atoms with van der Waals surface area (Å²) >= 11 is 0. The highest BCUT2D eigenvalue weighted by atomic mass is 16.5. The Labute approximate surface area is 174 Å². The Kier molecular flexibility index (Phi) is 6.41. The number of carbonyl (C=O) groups is 1. The van der Waals surface area contributed by atoms with E-state index >= 15 is 0 Å². The number of ether oxygens (including phenoxy) is 2. The molecule has 30 heavy (non-hydrogen) atoms. The van der Waals surface area contributed by atoms with E-state index in [0.717, 1.165) is 25.2 Å². The first-order valence-electron chi connectivity index (χ1n) is 10.0. The highest BCUT2D eigenvalue weighted by molar-refractivity contribution is 6.05. The standard InChI is InChI=1S/C23H24N2O5/c26-22-15-20(23(27)24-8-9-25-10-12-28-13-11-25)19-7-6-18(14-21(19)30-22)29-16-17-4-2-1-3-5-17/h1-7,14-15H,8-13,16H2,(H,24,27). The van der Waals surface area contributed by atoms with E-state index in [2.05, 4.69) is 10.2 Å². The van der Waals surface area contributed by atoms with Gasteiger partial charge in [-0.25, -0.2) is 4.79 Å². The molecule has 1 aromatic heterocycles. The van der Waals surface area contributed by atoms with Gasteiger partial charge >= 0.3 is 5.63 Å². The molecular weight excluding hydrogens is 384 g/mol. The molecule has 3 aromatic rings. The smallest absolute Gasteiger partial charge is 0.337 e. The maximum absolute atomic E-state index is 12.7. The summed E-state index contributed by atoms with van der Waals surface area (Å²) in [4.78, 5) is 26.9. The predicted molar refractivity (Wildman–Crippen MR) is 113 cm³/mol. The Morgan fingerprint density at radius 2 is 1.87 bits per heavy atom. The number of amides is 1. The van der Waals surface area contributed by atoms with Crippen molar-refractivity contribution in [3.05, 3.63) is 76.1 Å². The summed E-state index contributed by atoms with van der Waals surface area (Å²) in [5, 5.41) is 3.47. The molecule has 1 amide bonds. The van der Waals surface area contributed by atoms with Crippen LogP contribution in [0, 0.1) is 0 Å². The van der Waals surface area contributed by atoms with Crippen molar-refractivity contribution in [1.82, 2.24) is 10.2 Å². The topological polar surface area (TPSA) is 81.0 Å². The number of hydrogen-bond acceptors (Lipinski definition) is 6. The van der Waals surface area contributed by atoms with E-state index in [9.17, 15) is 9.59 Å².